The van der Waals surface area contributed by atoms with Gasteiger partial charge in [0.05, 0.1) is 11.4 Å². The first kappa shape index (κ1) is 11.1. The second-order valence-electron chi connectivity index (χ2n) is 3.75. The van der Waals surface area contributed by atoms with Crippen molar-refractivity contribution in [2.75, 3.05) is 0 Å². The first-order valence-corrected chi connectivity index (χ1v) is 5.65. The lowest BCUT2D eigenvalue weighted by Crippen LogP contribution is -2.07. The molecule has 1 unspecified atom stereocenters. The monoisotopic (exact) mass is 282 g/mol. The van der Waals surface area contributed by atoms with Crippen molar-refractivity contribution in [2.45, 2.75) is 12.8 Å². The van der Waals surface area contributed by atoms with E-state index in [0.29, 0.717) is 0 Å². The predicted molar refractivity (Wildman–Crippen MR) is 64.5 cm³/mol. The largest absolute Gasteiger partial charge is 0.481 e. The Morgan fingerprint density at radius 3 is 2.88 bits per heavy atom. The van der Waals surface area contributed by atoms with Crippen LogP contribution in [-0.4, -0.2) is 20.9 Å². The van der Waals surface area contributed by atoms with Gasteiger partial charge in [0.25, 0.3) is 0 Å². The Morgan fingerprint density at radius 2 is 2.25 bits per heavy atom. The molecule has 1 atom stereocenters. The Balaban J connectivity index is 2.60. The van der Waals surface area contributed by atoms with Gasteiger partial charge in [-0.1, -0.05) is 6.07 Å². The maximum Gasteiger partial charge on any atom is 0.310 e. The van der Waals surface area contributed by atoms with Crippen molar-refractivity contribution in [3.8, 4) is 0 Å². The smallest absolute Gasteiger partial charge is 0.310 e. The molecule has 0 fully saturated rings. The molecular formula is C11H11BrN2O2. The van der Waals surface area contributed by atoms with E-state index in [1.807, 2.05) is 25.2 Å². The highest BCUT2D eigenvalue weighted by Crippen LogP contribution is 2.26. The molecule has 0 amide bonds. The van der Waals surface area contributed by atoms with E-state index < -0.39 is 11.9 Å². The van der Waals surface area contributed by atoms with Crippen LogP contribution in [0.5, 0.6) is 0 Å². The second-order valence-corrected chi connectivity index (χ2v) is 4.50. The lowest BCUT2D eigenvalue weighted by molar-refractivity contribution is -0.138. The van der Waals surface area contributed by atoms with E-state index >= 15 is 0 Å². The Hall–Kier alpha value is -1.36. The van der Waals surface area contributed by atoms with Gasteiger partial charge in [-0.25, -0.2) is 0 Å². The molecule has 5 heteroatoms. The Morgan fingerprint density at radius 1 is 1.56 bits per heavy atom. The van der Waals surface area contributed by atoms with Gasteiger partial charge in [-0.2, -0.15) is 5.10 Å². The minimum atomic E-state index is -0.820. The van der Waals surface area contributed by atoms with Crippen molar-refractivity contribution >= 4 is 32.8 Å². The number of halogens is 1. The number of nitrogens with zero attached hydrogens (tertiary/aromatic N) is 2. The van der Waals surface area contributed by atoms with Crippen LogP contribution in [0.15, 0.2) is 22.8 Å². The van der Waals surface area contributed by atoms with Gasteiger partial charge in [-0.05, 0) is 40.5 Å². The number of aliphatic carboxylic acids is 1. The number of aryl methyl sites for hydroxylation is 1. The van der Waals surface area contributed by atoms with Crippen molar-refractivity contribution in [3.63, 3.8) is 0 Å². The van der Waals surface area contributed by atoms with E-state index in [2.05, 4.69) is 21.0 Å². The lowest BCUT2D eigenvalue weighted by Gasteiger charge is -2.06. The third kappa shape index (κ3) is 1.71. The normalized spacial score (nSPS) is 12.9. The van der Waals surface area contributed by atoms with Gasteiger partial charge in [-0.3, -0.25) is 9.48 Å². The van der Waals surface area contributed by atoms with Crippen LogP contribution in [0.25, 0.3) is 10.9 Å². The number of benzene rings is 1. The molecule has 1 aromatic heterocycles. The molecular weight excluding hydrogens is 272 g/mol. The van der Waals surface area contributed by atoms with Gasteiger partial charge < -0.3 is 5.11 Å². The van der Waals surface area contributed by atoms with Crippen LogP contribution >= 0.6 is 15.9 Å². The fraction of sp³-hybridized carbons (Fsp3) is 0.273. The van der Waals surface area contributed by atoms with Crippen LogP contribution in [0, 0.1) is 0 Å². The third-order valence-corrected chi connectivity index (χ3v) is 3.29. The van der Waals surface area contributed by atoms with Gasteiger partial charge in [0.2, 0.25) is 0 Å². The van der Waals surface area contributed by atoms with Gasteiger partial charge in [-0.15, -0.1) is 0 Å². The molecule has 0 saturated heterocycles. The number of carboxylic acids is 1. The van der Waals surface area contributed by atoms with Gasteiger partial charge >= 0.3 is 5.97 Å². The molecule has 0 aliphatic carbocycles. The average Bonchev–Trinajstić information content (AvgIpc) is 2.53. The highest BCUT2D eigenvalue weighted by molar-refractivity contribution is 9.10. The molecule has 84 valence electrons. The molecule has 0 aliphatic heterocycles. The average molecular weight is 283 g/mol. The van der Waals surface area contributed by atoms with E-state index in [9.17, 15) is 4.79 Å². The van der Waals surface area contributed by atoms with Crippen LogP contribution in [0.1, 0.15) is 18.4 Å². The summed E-state index contributed by atoms with van der Waals surface area (Å²) in [5, 5.41) is 14.1. The Kier molecular flexibility index (Phi) is 2.71. The number of hydrogen-bond donors (Lipinski definition) is 1. The van der Waals surface area contributed by atoms with E-state index in [4.69, 9.17) is 5.11 Å². The van der Waals surface area contributed by atoms with Gasteiger partial charge in [0.15, 0.2) is 0 Å². The minimum absolute atomic E-state index is 0.503. The topological polar surface area (TPSA) is 55.1 Å². The maximum absolute atomic E-state index is 10.9. The van der Waals surface area contributed by atoms with Crippen molar-refractivity contribution < 1.29 is 9.90 Å². The summed E-state index contributed by atoms with van der Waals surface area (Å²) in [6.45, 7) is 1.67. The van der Waals surface area contributed by atoms with Crippen molar-refractivity contribution in [3.05, 3.63) is 28.4 Å². The minimum Gasteiger partial charge on any atom is -0.481 e. The highest BCUT2D eigenvalue weighted by Gasteiger charge is 2.15. The number of carboxylic acid groups (broad SMARTS) is 1. The number of hydrogen-bond acceptors (Lipinski definition) is 2. The zero-order valence-electron chi connectivity index (χ0n) is 8.94. The van der Waals surface area contributed by atoms with Crippen LogP contribution in [0.2, 0.25) is 0 Å². The van der Waals surface area contributed by atoms with Crippen molar-refractivity contribution in [2.24, 2.45) is 7.05 Å². The van der Waals surface area contributed by atoms with Crippen LogP contribution in [0.3, 0.4) is 0 Å². The fourth-order valence-corrected chi connectivity index (χ4v) is 2.21. The highest BCUT2D eigenvalue weighted by atomic mass is 79.9. The quantitative estimate of drug-likeness (QED) is 0.921. The van der Waals surface area contributed by atoms with E-state index in [-0.39, 0.29) is 0 Å². The first-order valence-electron chi connectivity index (χ1n) is 4.85. The van der Waals surface area contributed by atoms with Crippen molar-refractivity contribution in [1.82, 2.24) is 9.78 Å². The summed E-state index contributed by atoms with van der Waals surface area (Å²) in [5.74, 6) is -1.32. The molecule has 4 nitrogen and oxygen atoms in total. The molecule has 2 rings (SSSR count). The number of carbonyl (C=O) groups is 1. The van der Waals surface area contributed by atoms with E-state index in [1.54, 1.807) is 11.6 Å². The summed E-state index contributed by atoms with van der Waals surface area (Å²) in [5.41, 5.74) is 1.77. The lowest BCUT2D eigenvalue weighted by atomic mass is 10.0. The number of rotatable bonds is 2. The summed E-state index contributed by atoms with van der Waals surface area (Å²) >= 11 is 3.36. The molecule has 16 heavy (non-hydrogen) atoms. The Bertz CT molecular complexity index is 562. The number of aromatic nitrogens is 2. The zero-order chi connectivity index (χ0) is 11.9. The van der Waals surface area contributed by atoms with Crippen LogP contribution in [-0.2, 0) is 11.8 Å². The molecule has 0 bridgehead atoms. The maximum atomic E-state index is 10.9. The first-order chi connectivity index (χ1) is 7.50. The summed E-state index contributed by atoms with van der Waals surface area (Å²) in [7, 11) is 1.85. The molecule has 1 N–H and O–H groups in total. The van der Waals surface area contributed by atoms with Crippen molar-refractivity contribution in [1.29, 1.82) is 0 Å². The zero-order valence-corrected chi connectivity index (χ0v) is 10.5. The number of fused-ring (bicyclic) bond motifs is 1. The molecule has 1 heterocycles. The summed E-state index contributed by atoms with van der Waals surface area (Å²) < 4.78 is 2.50. The third-order valence-electron chi connectivity index (χ3n) is 2.70. The second kappa shape index (κ2) is 3.90. The van der Waals surface area contributed by atoms with E-state index in [0.717, 1.165) is 21.1 Å². The van der Waals surface area contributed by atoms with Gasteiger partial charge in [0.1, 0.15) is 4.60 Å². The summed E-state index contributed by atoms with van der Waals surface area (Å²) in [6, 6.07) is 5.59. The Labute approximate surface area is 101 Å². The summed E-state index contributed by atoms with van der Waals surface area (Å²) in [4.78, 5) is 10.9. The molecule has 1 aromatic carbocycles. The van der Waals surface area contributed by atoms with Gasteiger partial charge in [0, 0.05) is 12.4 Å². The predicted octanol–water partition coefficient (Wildman–Crippen LogP) is 2.52. The summed E-state index contributed by atoms with van der Waals surface area (Å²) in [6.07, 6.45) is 0. The fourth-order valence-electron chi connectivity index (χ4n) is 1.65. The van der Waals surface area contributed by atoms with E-state index in [1.165, 1.54) is 0 Å². The molecule has 0 saturated carbocycles. The molecule has 0 radical (unpaired) electrons. The SMILES string of the molecule is CC(C(=O)O)c1ccc2c(c1)c(Br)nn2C. The van der Waals surface area contributed by atoms with Crippen LogP contribution < -0.4 is 0 Å². The standard InChI is InChI=1S/C11H11BrN2O2/c1-6(11(15)16)7-3-4-9-8(5-7)10(12)13-14(9)2/h3-6H,1-2H3,(H,15,16). The molecule has 0 spiro atoms. The molecule has 2 aromatic rings. The van der Waals surface area contributed by atoms with Crippen LogP contribution in [0.4, 0.5) is 0 Å². The molecule has 0 aliphatic rings.